The third kappa shape index (κ3) is 6.73. The van der Waals surface area contributed by atoms with E-state index in [1.165, 1.54) is 17.7 Å². The molecule has 0 saturated heterocycles. The molecule has 44 heavy (non-hydrogen) atoms. The zero-order valence-corrected chi connectivity index (χ0v) is 25.2. The fraction of sp³-hybridized carbons (Fsp3) is 0.154. The Balaban J connectivity index is 1.41. The Morgan fingerprint density at radius 2 is 1.18 bits per heavy atom. The van der Waals surface area contributed by atoms with Gasteiger partial charge < -0.3 is 9.47 Å². The first-order valence-electron chi connectivity index (χ1n) is 14.8. The number of ether oxygens (including phenoxy) is 2. The van der Waals surface area contributed by atoms with Gasteiger partial charge in [0, 0.05) is 11.1 Å². The molecule has 6 rings (SSSR count). The molecule has 0 radical (unpaired) electrons. The molecule has 0 atom stereocenters. The van der Waals surface area contributed by atoms with Crippen LogP contribution in [0.25, 0.3) is 28.2 Å². The van der Waals surface area contributed by atoms with Crippen LogP contribution >= 0.6 is 0 Å². The standard InChI is InChI=1S/C39H35FN2O2/c1-39(2,3)32-17-21-34(22-18-32)42-36(25-35(41-42)30-14-19-33(40)20-15-30)31-16-23-37(43-26-28-10-6-4-7-11-28)38(24-31)44-27-29-12-8-5-9-13-29/h4-25H,26-27H2,1-3H3. The topological polar surface area (TPSA) is 36.3 Å². The summed E-state index contributed by atoms with van der Waals surface area (Å²) in [6.07, 6.45) is 0. The summed E-state index contributed by atoms with van der Waals surface area (Å²) in [5, 5.41) is 4.99. The molecule has 0 amide bonds. The van der Waals surface area contributed by atoms with Crippen molar-refractivity contribution < 1.29 is 13.9 Å². The van der Waals surface area contributed by atoms with Crippen molar-refractivity contribution in [3.8, 4) is 39.7 Å². The first-order valence-corrected chi connectivity index (χ1v) is 14.8. The van der Waals surface area contributed by atoms with Crippen LogP contribution in [0.4, 0.5) is 4.39 Å². The van der Waals surface area contributed by atoms with Gasteiger partial charge in [-0.25, -0.2) is 9.07 Å². The average Bonchev–Trinajstić information content (AvgIpc) is 3.49. The van der Waals surface area contributed by atoms with E-state index >= 15 is 0 Å². The Kier molecular flexibility index (Phi) is 8.29. The first kappa shape index (κ1) is 28.9. The first-order chi connectivity index (χ1) is 21.3. The molecule has 6 aromatic rings. The van der Waals surface area contributed by atoms with Gasteiger partial charge in [0.15, 0.2) is 11.5 Å². The van der Waals surface area contributed by atoms with Crippen LogP contribution in [0.15, 0.2) is 133 Å². The van der Waals surface area contributed by atoms with Gasteiger partial charge in [0.1, 0.15) is 19.0 Å². The molecule has 0 aliphatic heterocycles. The molecule has 1 heterocycles. The number of hydrogen-bond acceptors (Lipinski definition) is 3. The molecule has 0 aliphatic carbocycles. The summed E-state index contributed by atoms with van der Waals surface area (Å²) in [6.45, 7) is 7.43. The molecule has 0 unspecified atom stereocenters. The van der Waals surface area contributed by atoms with Crippen molar-refractivity contribution in [1.29, 1.82) is 0 Å². The second kappa shape index (κ2) is 12.6. The lowest BCUT2D eigenvalue weighted by molar-refractivity contribution is 0.256. The lowest BCUT2D eigenvalue weighted by Gasteiger charge is -2.19. The summed E-state index contributed by atoms with van der Waals surface area (Å²) >= 11 is 0. The number of benzene rings is 5. The van der Waals surface area contributed by atoms with E-state index in [2.05, 4.69) is 45.0 Å². The van der Waals surface area contributed by atoms with Crippen molar-refractivity contribution in [2.75, 3.05) is 0 Å². The normalized spacial score (nSPS) is 11.4. The molecule has 0 N–H and O–H groups in total. The Hall–Kier alpha value is -5.16. The molecule has 0 saturated carbocycles. The van der Waals surface area contributed by atoms with Gasteiger partial charge in [0.25, 0.3) is 0 Å². The van der Waals surface area contributed by atoms with Crippen LogP contribution in [0.1, 0.15) is 37.5 Å². The molecular weight excluding hydrogens is 547 g/mol. The van der Waals surface area contributed by atoms with E-state index < -0.39 is 0 Å². The minimum absolute atomic E-state index is 0.0331. The van der Waals surface area contributed by atoms with Crippen molar-refractivity contribution in [2.45, 2.75) is 39.4 Å². The molecule has 0 fully saturated rings. The molecule has 5 heteroatoms. The van der Waals surface area contributed by atoms with E-state index in [9.17, 15) is 4.39 Å². The van der Waals surface area contributed by atoms with Crippen molar-refractivity contribution in [3.05, 3.63) is 156 Å². The van der Waals surface area contributed by atoms with Crippen LogP contribution in [-0.2, 0) is 18.6 Å². The van der Waals surface area contributed by atoms with E-state index in [1.807, 2.05) is 89.6 Å². The van der Waals surface area contributed by atoms with Gasteiger partial charge in [-0.1, -0.05) is 93.6 Å². The molecule has 1 aromatic heterocycles. The predicted octanol–water partition coefficient (Wildman–Crippen LogP) is 9.80. The molecule has 5 aromatic carbocycles. The Morgan fingerprint density at radius 3 is 1.77 bits per heavy atom. The van der Waals surface area contributed by atoms with Crippen LogP contribution in [-0.4, -0.2) is 9.78 Å². The number of halogens is 1. The monoisotopic (exact) mass is 582 g/mol. The van der Waals surface area contributed by atoms with Crippen molar-refractivity contribution in [1.82, 2.24) is 9.78 Å². The highest BCUT2D eigenvalue weighted by atomic mass is 19.1. The zero-order valence-electron chi connectivity index (χ0n) is 25.2. The van der Waals surface area contributed by atoms with E-state index in [0.717, 1.165) is 39.3 Å². The van der Waals surface area contributed by atoms with Gasteiger partial charge in [0.2, 0.25) is 0 Å². The number of nitrogens with zero attached hydrogens (tertiary/aromatic N) is 2. The lowest BCUT2D eigenvalue weighted by Crippen LogP contribution is -2.11. The van der Waals surface area contributed by atoms with E-state index in [0.29, 0.717) is 24.7 Å². The van der Waals surface area contributed by atoms with E-state index in [-0.39, 0.29) is 11.2 Å². The minimum Gasteiger partial charge on any atom is -0.485 e. The largest absolute Gasteiger partial charge is 0.485 e. The third-order valence-corrected chi connectivity index (χ3v) is 7.54. The van der Waals surface area contributed by atoms with Gasteiger partial charge in [0.05, 0.1) is 17.1 Å². The summed E-state index contributed by atoms with van der Waals surface area (Å²) < 4.78 is 28.3. The fourth-order valence-electron chi connectivity index (χ4n) is 5.02. The van der Waals surface area contributed by atoms with Crippen molar-refractivity contribution in [3.63, 3.8) is 0 Å². The van der Waals surface area contributed by atoms with Crippen LogP contribution in [0.5, 0.6) is 11.5 Å². The van der Waals surface area contributed by atoms with Crippen LogP contribution < -0.4 is 9.47 Å². The quantitative estimate of drug-likeness (QED) is 0.170. The maximum absolute atomic E-state index is 13.7. The minimum atomic E-state index is -0.280. The van der Waals surface area contributed by atoms with E-state index in [1.54, 1.807) is 12.1 Å². The predicted molar refractivity (Wildman–Crippen MR) is 175 cm³/mol. The summed E-state index contributed by atoms with van der Waals surface area (Å²) in [7, 11) is 0. The number of aromatic nitrogens is 2. The molecule has 220 valence electrons. The van der Waals surface area contributed by atoms with Crippen LogP contribution in [0.2, 0.25) is 0 Å². The zero-order chi connectivity index (χ0) is 30.5. The molecule has 4 nitrogen and oxygen atoms in total. The summed E-state index contributed by atoms with van der Waals surface area (Å²) in [5.41, 5.74) is 7.72. The Morgan fingerprint density at radius 1 is 0.614 bits per heavy atom. The van der Waals surface area contributed by atoms with Gasteiger partial charge >= 0.3 is 0 Å². The smallest absolute Gasteiger partial charge is 0.162 e. The molecular formula is C39H35FN2O2. The summed E-state index contributed by atoms with van der Waals surface area (Å²) in [5.74, 6) is 1.02. The molecule has 0 bridgehead atoms. The highest BCUT2D eigenvalue weighted by Gasteiger charge is 2.18. The molecule has 0 spiro atoms. The Labute approximate surface area is 258 Å². The number of hydrogen-bond donors (Lipinski definition) is 0. The van der Waals surface area contributed by atoms with Gasteiger partial charge in [-0.3, -0.25) is 0 Å². The van der Waals surface area contributed by atoms with Crippen LogP contribution in [0.3, 0.4) is 0 Å². The summed E-state index contributed by atoms with van der Waals surface area (Å²) in [6, 6.07) is 43.1. The fourth-order valence-corrected chi connectivity index (χ4v) is 5.02. The van der Waals surface area contributed by atoms with E-state index in [4.69, 9.17) is 14.6 Å². The Bertz CT molecular complexity index is 1820. The highest BCUT2D eigenvalue weighted by molar-refractivity contribution is 5.72. The maximum atomic E-state index is 13.7. The number of rotatable bonds is 9. The maximum Gasteiger partial charge on any atom is 0.162 e. The lowest BCUT2D eigenvalue weighted by atomic mass is 9.87. The van der Waals surface area contributed by atoms with Crippen LogP contribution in [0, 0.1) is 5.82 Å². The second-order valence-corrected chi connectivity index (χ2v) is 11.8. The average molecular weight is 583 g/mol. The SMILES string of the molecule is CC(C)(C)c1ccc(-n2nc(-c3ccc(F)cc3)cc2-c2ccc(OCc3ccccc3)c(OCc3ccccc3)c2)cc1. The van der Waals surface area contributed by atoms with Gasteiger partial charge in [-0.15, -0.1) is 0 Å². The summed E-state index contributed by atoms with van der Waals surface area (Å²) in [4.78, 5) is 0. The highest BCUT2D eigenvalue weighted by Crippen LogP contribution is 2.37. The van der Waals surface area contributed by atoms with Crippen molar-refractivity contribution in [2.24, 2.45) is 0 Å². The third-order valence-electron chi connectivity index (χ3n) is 7.54. The van der Waals surface area contributed by atoms with Crippen molar-refractivity contribution >= 4 is 0 Å². The van der Waals surface area contributed by atoms with Gasteiger partial charge in [-0.05, 0) is 82.8 Å². The molecule has 0 aliphatic rings. The van der Waals surface area contributed by atoms with Gasteiger partial charge in [-0.2, -0.15) is 5.10 Å². The second-order valence-electron chi connectivity index (χ2n) is 11.8.